The van der Waals surface area contributed by atoms with Crippen LogP contribution in [0.15, 0.2) is 24.4 Å². The predicted molar refractivity (Wildman–Crippen MR) is 162 cm³/mol. The van der Waals surface area contributed by atoms with Crippen LogP contribution in [0.3, 0.4) is 0 Å². The molecule has 1 aromatic heterocycles. The number of hydrogen-bond acceptors (Lipinski definition) is 8. The van der Waals surface area contributed by atoms with Gasteiger partial charge in [-0.2, -0.15) is 4.98 Å². The molecular formula is C30H44ClN7O2. The van der Waals surface area contributed by atoms with Gasteiger partial charge in [0.15, 0.2) is 5.82 Å². The third-order valence-electron chi connectivity index (χ3n) is 9.89. The molecule has 4 atom stereocenters. The second-order valence-corrected chi connectivity index (χ2v) is 12.6. The fourth-order valence-corrected chi connectivity index (χ4v) is 7.36. The van der Waals surface area contributed by atoms with Gasteiger partial charge in [0.25, 0.3) is 0 Å². The maximum absolute atomic E-state index is 12.9. The van der Waals surface area contributed by atoms with E-state index in [4.69, 9.17) is 21.3 Å². The minimum atomic E-state index is -0.484. The molecule has 3 N–H and O–H groups in total. The van der Waals surface area contributed by atoms with Crippen molar-refractivity contribution >= 4 is 40.6 Å². The maximum atomic E-state index is 12.9. The Morgan fingerprint density at radius 1 is 1.23 bits per heavy atom. The number of anilines is 4. The van der Waals surface area contributed by atoms with E-state index in [2.05, 4.69) is 71.4 Å². The largest absolute Gasteiger partial charge is 0.489 e. The van der Waals surface area contributed by atoms with Crippen molar-refractivity contribution in [2.45, 2.75) is 53.0 Å². The van der Waals surface area contributed by atoms with Gasteiger partial charge in [-0.05, 0) is 62.2 Å². The molecule has 6 rings (SSSR count). The number of nitrogens with zero attached hydrogens (tertiary/aromatic N) is 4. The summed E-state index contributed by atoms with van der Waals surface area (Å²) in [4.78, 5) is 27.0. The number of ether oxygens (including phenoxy) is 1. The Morgan fingerprint density at radius 3 is 2.70 bits per heavy atom. The fourth-order valence-electron chi connectivity index (χ4n) is 7.22. The quantitative estimate of drug-likeness (QED) is 0.367. The number of benzene rings is 1. The Balaban J connectivity index is 1.34. The second kappa shape index (κ2) is 11.2. The van der Waals surface area contributed by atoms with Crippen molar-refractivity contribution in [1.82, 2.24) is 20.2 Å². The van der Waals surface area contributed by atoms with Crippen molar-refractivity contribution in [2.75, 3.05) is 61.9 Å². The van der Waals surface area contributed by atoms with Crippen LogP contribution in [0.5, 0.6) is 5.75 Å². The molecule has 3 aliphatic carbocycles. The molecule has 4 aliphatic rings. The standard InChI is InChI=1S/C30H44ClN7O2/c1-7-37(8-2)11-12-38-13-14-40-24-17-20(9-10-23(24)38)34-28-33-18-22(31)26(35-28)36-30(5)21(27(39)32-6)15-19-16-25(30)29(19,3)4/h9-10,17-19,21,25H,7-8,11-16H2,1-6H3,(H,32,39)(H2,33,34,35,36)/t19-,21+,25+,30-/m0/s1. The van der Waals surface area contributed by atoms with E-state index in [1.54, 1.807) is 13.2 Å². The average molecular weight is 570 g/mol. The summed E-state index contributed by atoms with van der Waals surface area (Å²) in [6.07, 6.45) is 3.55. The zero-order valence-corrected chi connectivity index (χ0v) is 25.4. The number of hydrogen-bond donors (Lipinski definition) is 3. The molecule has 9 nitrogen and oxygen atoms in total. The molecule has 2 heterocycles. The summed E-state index contributed by atoms with van der Waals surface area (Å²) in [5.74, 6) is 2.59. The van der Waals surface area contributed by atoms with E-state index in [9.17, 15) is 4.79 Å². The molecule has 0 saturated heterocycles. The zero-order chi connectivity index (χ0) is 28.7. The van der Waals surface area contributed by atoms with Gasteiger partial charge in [0.1, 0.15) is 17.4 Å². The van der Waals surface area contributed by atoms with Crippen LogP contribution < -0.4 is 25.6 Å². The number of halogens is 1. The molecular weight excluding hydrogens is 526 g/mol. The van der Waals surface area contributed by atoms with Gasteiger partial charge in [-0.1, -0.05) is 39.3 Å². The molecule has 0 spiro atoms. The van der Waals surface area contributed by atoms with Gasteiger partial charge in [0.2, 0.25) is 11.9 Å². The molecule has 1 aromatic carbocycles. The Kier molecular flexibility index (Phi) is 8.08. The van der Waals surface area contributed by atoms with Crippen LogP contribution in [-0.4, -0.2) is 72.7 Å². The smallest absolute Gasteiger partial charge is 0.229 e. The van der Waals surface area contributed by atoms with Gasteiger partial charge in [0.05, 0.1) is 29.9 Å². The number of carbonyl (C=O) groups excluding carboxylic acids is 1. The summed E-state index contributed by atoms with van der Waals surface area (Å²) in [6.45, 7) is 16.8. The molecule has 1 aliphatic heterocycles. The number of rotatable bonds is 10. The van der Waals surface area contributed by atoms with Gasteiger partial charge < -0.3 is 30.5 Å². The van der Waals surface area contributed by atoms with Gasteiger partial charge in [-0.15, -0.1) is 0 Å². The van der Waals surface area contributed by atoms with Crippen molar-refractivity contribution in [3.63, 3.8) is 0 Å². The molecule has 10 heteroatoms. The molecule has 2 aromatic rings. The van der Waals surface area contributed by atoms with Crippen molar-refractivity contribution < 1.29 is 9.53 Å². The van der Waals surface area contributed by atoms with Crippen LogP contribution >= 0.6 is 11.6 Å². The van der Waals surface area contributed by atoms with E-state index in [-0.39, 0.29) is 17.2 Å². The first-order valence-corrected chi connectivity index (χ1v) is 15.0. The predicted octanol–water partition coefficient (Wildman–Crippen LogP) is 5.01. The lowest BCUT2D eigenvalue weighted by atomic mass is 9.40. The van der Waals surface area contributed by atoms with Crippen LogP contribution in [-0.2, 0) is 4.79 Å². The topological polar surface area (TPSA) is 94.7 Å². The van der Waals surface area contributed by atoms with Gasteiger partial charge >= 0.3 is 0 Å². The first kappa shape index (κ1) is 28.7. The lowest BCUT2D eigenvalue weighted by Crippen LogP contribution is -2.69. The molecule has 0 unspecified atom stereocenters. The van der Waals surface area contributed by atoms with Crippen LogP contribution in [0.2, 0.25) is 5.02 Å². The summed E-state index contributed by atoms with van der Waals surface area (Å²) < 4.78 is 6.02. The Morgan fingerprint density at radius 2 is 2.00 bits per heavy atom. The lowest BCUT2D eigenvalue weighted by Gasteiger charge is -2.66. The zero-order valence-electron chi connectivity index (χ0n) is 24.7. The summed E-state index contributed by atoms with van der Waals surface area (Å²) >= 11 is 6.61. The number of carbonyl (C=O) groups is 1. The van der Waals surface area contributed by atoms with Crippen LogP contribution in [0.4, 0.5) is 23.1 Å². The SMILES string of the molecule is CCN(CC)CCN1CCOc2cc(Nc3ncc(Cl)c(N[C@@]4(C)[C@@H](C(=O)NC)C[C@H]5C[C@@H]4C5(C)C)n3)ccc21. The van der Waals surface area contributed by atoms with Crippen LogP contribution in [0.25, 0.3) is 0 Å². The maximum Gasteiger partial charge on any atom is 0.229 e. The first-order chi connectivity index (χ1) is 19.1. The number of nitrogens with one attached hydrogen (secondary N) is 3. The van der Waals surface area contributed by atoms with E-state index in [1.807, 2.05) is 12.1 Å². The highest BCUT2D eigenvalue weighted by molar-refractivity contribution is 6.32. The Bertz CT molecular complexity index is 1240. The number of fused-ring (bicyclic) bond motifs is 3. The normalized spacial score (nSPS) is 26.4. The lowest BCUT2D eigenvalue weighted by molar-refractivity contribution is -0.155. The van der Waals surface area contributed by atoms with E-state index in [1.165, 1.54) is 0 Å². The third-order valence-corrected chi connectivity index (χ3v) is 10.2. The highest BCUT2D eigenvalue weighted by Gasteiger charge is 2.64. The molecule has 218 valence electrons. The average Bonchev–Trinajstić information content (AvgIpc) is 2.94. The minimum absolute atomic E-state index is 0.0592. The van der Waals surface area contributed by atoms with E-state index in [0.29, 0.717) is 35.2 Å². The van der Waals surface area contributed by atoms with Gasteiger partial charge in [-0.3, -0.25) is 4.79 Å². The van der Waals surface area contributed by atoms with Crippen LogP contribution in [0, 0.1) is 23.2 Å². The summed E-state index contributed by atoms with van der Waals surface area (Å²) in [6, 6.07) is 6.13. The van der Waals surface area contributed by atoms with Gasteiger partial charge in [0, 0.05) is 31.9 Å². The second-order valence-electron chi connectivity index (χ2n) is 12.2. The van der Waals surface area contributed by atoms with Crippen molar-refractivity contribution in [2.24, 2.45) is 23.2 Å². The van der Waals surface area contributed by atoms with E-state index < -0.39 is 5.54 Å². The first-order valence-electron chi connectivity index (χ1n) is 14.6. The molecule has 40 heavy (non-hydrogen) atoms. The molecule has 0 radical (unpaired) electrons. The third kappa shape index (κ3) is 5.18. The number of aromatic nitrogens is 2. The van der Waals surface area contributed by atoms with Crippen molar-refractivity contribution in [3.05, 3.63) is 29.4 Å². The highest BCUT2D eigenvalue weighted by Crippen LogP contribution is 2.65. The van der Waals surface area contributed by atoms with Crippen LogP contribution in [0.1, 0.15) is 47.5 Å². The minimum Gasteiger partial charge on any atom is -0.489 e. The Hall–Kier alpha value is -2.78. The molecule has 3 saturated carbocycles. The Labute approximate surface area is 243 Å². The molecule has 1 amide bonds. The highest BCUT2D eigenvalue weighted by atomic mass is 35.5. The molecule has 2 bridgehead atoms. The van der Waals surface area contributed by atoms with Crippen molar-refractivity contribution in [1.29, 1.82) is 0 Å². The van der Waals surface area contributed by atoms with Crippen molar-refractivity contribution in [3.8, 4) is 5.75 Å². The van der Waals surface area contributed by atoms with Gasteiger partial charge in [-0.25, -0.2) is 4.98 Å². The molecule has 3 fully saturated rings. The number of likely N-dealkylation sites (N-methyl/N-ethyl adjacent to an activating group) is 1. The fraction of sp³-hybridized carbons (Fsp3) is 0.633. The van der Waals surface area contributed by atoms with E-state index in [0.717, 1.165) is 62.7 Å². The number of amides is 1. The summed E-state index contributed by atoms with van der Waals surface area (Å²) in [5, 5.41) is 10.3. The monoisotopic (exact) mass is 569 g/mol. The summed E-state index contributed by atoms with van der Waals surface area (Å²) in [7, 11) is 1.71. The summed E-state index contributed by atoms with van der Waals surface area (Å²) in [5.41, 5.74) is 1.61. The van der Waals surface area contributed by atoms with E-state index >= 15 is 0 Å².